The van der Waals surface area contributed by atoms with E-state index in [0.717, 1.165) is 6.08 Å². The molecule has 4 bridgehead atoms. The van der Waals surface area contributed by atoms with Gasteiger partial charge in [0.2, 0.25) is 5.78 Å². The van der Waals surface area contributed by atoms with Gasteiger partial charge in [-0.2, -0.15) is 0 Å². The van der Waals surface area contributed by atoms with E-state index in [4.69, 9.17) is 4.74 Å². The normalized spacial score (nSPS) is 35.8. The molecule has 0 unspecified atom stereocenters. The Morgan fingerprint density at radius 2 is 1.33 bits per heavy atom. The van der Waals surface area contributed by atoms with Gasteiger partial charge < -0.3 is 35.6 Å². The molecule has 1 aliphatic carbocycles. The van der Waals surface area contributed by atoms with Crippen LogP contribution in [0.4, 0.5) is 0 Å². The van der Waals surface area contributed by atoms with E-state index in [0.29, 0.717) is 5.56 Å². The minimum absolute atomic E-state index is 0.0429. The number of Topliss-reactive ketones (excluding diaryl/α,β-unsaturated/α-hetero) is 3. The highest BCUT2D eigenvalue weighted by Gasteiger charge is 2.42. The van der Waals surface area contributed by atoms with Gasteiger partial charge in [-0.3, -0.25) is 19.2 Å². The molecule has 4 rings (SSSR count). The Kier molecular flexibility index (Phi) is 11.9. The molecule has 0 saturated heterocycles. The van der Waals surface area contributed by atoms with Crippen molar-refractivity contribution in [2.24, 2.45) is 23.7 Å². The number of amides is 1. The zero-order valence-electron chi connectivity index (χ0n) is 29.3. The van der Waals surface area contributed by atoms with Crippen molar-refractivity contribution in [1.29, 1.82) is 0 Å². The van der Waals surface area contributed by atoms with Crippen LogP contribution in [0.2, 0.25) is 0 Å². The molecule has 0 aromatic heterocycles. The maximum absolute atomic E-state index is 14.1. The molecule has 0 radical (unpaired) electrons. The zero-order valence-corrected chi connectivity index (χ0v) is 29.3. The summed E-state index contributed by atoms with van der Waals surface area (Å²) in [6.07, 6.45) is 0.570. The van der Waals surface area contributed by atoms with Crippen LogP contribution in [-0.2, 0) is 4.79 Å². The SMILES string of the molecule is COc1c(C)cc2c3c1C(=O)/C(C)=C/[C@](C)(O)[C@H](O)[C@@H](C)[C@@H](O)[C@H](C)[C@H](O)[C@H](C)[C@H](O)[C@@H](C)/C=C\C=C(/C)C(=O)NC(=C(C)C3=O)C2=O. The van der Waals surface area contributed by atoms with Crippen molar-refractivity contribution in [3.8, 4) is 5.75 Å². The second kappa shape index (κ2) is 14.8. The Balaban J connectivity index is 2.27. The third-order valence-electron chi connectivity index (χ3n) is 9.86. The van der Waals surface area contributed by atoms with Crippen molar-refractivity contribution in [3.63, 3.8) is 0 Å². The monoisotopic (exact) mass is 667 g/mol. The van der Waals surface area contributed by atoms with E-state index in [1.54, 1.807) is 39.8 Å². The van der Waals surface area contributed by atoms with Crippen molar-refractivity contribution < 1.29 is 49.4 Å². The molecule has 11 heteroatoms. The highest BCUT2D eigenvalue weighted by atomic mass is 16.5. The Bertz CT molecular complexity index is 1610. The van der Waals surface area contributed by atoms with Gasteiger partial charge in [-0.25, -0.2) is 0 Å². The van der Waals surface area contributed by atoms with Gasteiger partial charge in [-0.1, -0.05) is 45.9 Å². The third-order valence-corrected chi connectivity index (χ3v) is 9.86. The number of methoxy groups -OCH3 is 1. The van der Waals surface area contributed by atoms with E-state index in [-0.39, 0.29) is 44.9 Å². The predicted octanol–water partition coefficient (Wildman–Crippen LogP) is 3.16. The number of aliphatic hydroxyl groups is 5. The summed E-state index contributed by atoms with van der Waals surface area (Å²) >= 11 is 0. The van der Waals surface area contributed by atoms with Gasteiger partial charge in [0.15, 0.2) is 11.6 Å². The smallest absolute Gasteiger partial charge is 0.251 e. The number of nitrogens with one attached hydrogen (secondary N) is 1. The number of aryl methyl sites for hydroxylation is 1. The number of rotatable bonds is 1. The van der Waals surface area contributed by atoms with Gasteiger partial charge in [-0.15, -0.1) is 0 Å². The van der Waals surface area contributed by atoms with Crippen molar-refractivity contribution in [2.75, 3.05) is 7.11 Å². The van der Waals surface area contributed by atoms with E-state index >= 15 is 0 Å². The minimum Gasteiger partial charge on any atom is -0.496 e. The molecular weight excluding hydrogens is 618 g/mol. The minimum atomic E-state index is -2.08. The first-order chi connectivity index (χ1) is 22.2. The van der Waals surface area contributed by atoms with Gasteiger partial charge in [-0.05, 0) is 57.9 Å². The third kappa shape index (κ3) is 7.30. The highest BCUT2D eigenvalue weighted by Crippen LogP contribution is 2.38. The fraction of sp³-hybridized carbons (Fsp3) is 0.514. The van der Waals surface area contributed by atoms with Crippen LogP contribution >= 0.6 is 0 Å². The summed E-state index contributed by atoms with van der Waals surface area (Å²) in [5, 5.41) is 58.5. The van der Waals surface area contributed by atoms with Gasteiger partial charge >= 0.3 is 0 Å². The Morgan fingerprint density at radius 1 is 0.771 bits per heavy atom. The number of carbonyl (C=O) groups is 4. The first-order valence-electron chi connectivity index (χ1n) is 16.1. The zero-order chi connectivity index (χ0) is 36.6. The summed E-state index contributed by atoms with van der Waals surface area (Å²) < 4.78 is 5.53. The molecule has 11 nitrogen and oxygen atoms in total. The lowest BCUT2D eigenvalue weighted by Gasteiger charge is -2.38. The summed E-state index contributed by atoms with van der Waals surface area (Å²) in [5.41, 5.74) is -2.45. The number of hydrogen-bond acceptors (Lipinski definition) is 10. The number of ether oxygens (including phenoxy) is 1. The molecule has 2 heterocycles. The second-order valence-electron chi connectivity index (χ2n) is 13.6. The quantitative estimate of drug-likeness (QED) is 0.259. The molecule has 0 spiro atoms. The van der Waals surface area contributed by atoms with E-state index < -0.39 is 76.9 Å². The van der Waals surface area contributed by atoms with Crippen LogP contribution in [0.5, 0.6) is 5.75 Å². The molecule has 48 heavy (non-hydrogen) atoms. The van der Waals surface area contributed by atoms with E-state index in [9.17, 15) is 44.7 Å². The van der Waals surface area contributed by atoms with E-state index in [2.05, 4.69) is 5.32 Å². The van der Waals surface area contributed by atoms with Crippen molar-refractivity contribution in [3.05, 3.63) is 75.0 Å². The van der Waals surface area contributed by atoms with Crippen molar-refractivity contribution in [1.82, 2.24) is 5.32 Å². The Morgan fingerprint density at radius 3 is 1.92 bits per heavy atom. The Labute approximate surface area is 281 Å². The number of benzene rings is 1. The largest absolute Gasteiger partial charge is 0.496 e. The molecule has 6 N–H and O–H groups in total. The number of carbonyl (C=O) groups excluding carboxylic acids is 4. The lowest BCUT2D eigenvalue weighted by molar-refractivity contribution is -0.116. The number of aliphatic hydroxyl groups excluding tert-OH is 4. The van der Waals surface area contributed by atoms with Gasteiger partial charge in [0.05, 0.1) is 42.8 Å². The molecule has 1 amide bonds. The molecule has 0 saturated carbocycles. The van der Waals surface area contributed by atoms with Crippen LogP contribution in [0.1, 0.15) is 92.0 Å². The summed E-state index contributed by atoms with van der Waals surface area (Å²) in [6, 6.07) is 1.42. The number of hydrogen-bond donors (Lipinski definition) is 6. The lowest BCUT2D eigenvalue weighted by Crippen LogP contribution is -2.50. The number of allylic oxidation sites excluding steroid dienone is 5. The summed E-state index contributed by atoms with van der Waals surface area (Å²) in [6.45, 7) is 13.5. The summed E-state index contributed by atoms with van der Waals surface area (Å²) in [5.74, 6) is -5.79. The topological polar surface area (TPSA) is 191 Å². The summed E-state index contributed by atoms with van der Waals surface area (Å²) in [4.78, 5) is 54.9. The molecular formula is C37H49NO10. The molecule has 1 aromatic carbocycles. The summed E-state index contributed by atoms with van der Waals surface area (Å²) in [7, 11) is 1.31. The van der Waals surface area contributed by atoms with Crippen LogP contribution < -0.4 is 10.1 Å². The maximum Gasteiger partial charge on any atom is 0.251 e. The molecule has 262 valence electrons. The first-order valence-corrected chi connectivity index (χ1v) is 16.1. The highest BCUT2D eigenvalue weighted by molar-refractivity contribution is 6.31. The molecule has 0 fully saturated rings. The van der Waals surface area contributed by atoms with Gasteiger partial charge in [0.1, 0.15) is 11.4 Å². The fourth-order valence-electron chi connectivity index (χ4n) is 6.57. The second-order valence-corrected chi connectivity index (χ2v) is 13.6. The average Bonchev–Trinajstić information content (AvgIpc) is 3.04. The van der Waals surface area contributed by atoms with Crippen molar-refractivity contribution >= 4 is 23.3 Å². The molecule has 1 aromatic rings. The maximum atomic E-state index is 14.1. The fourth-order valence-corrected chi connectivity index (χ4v) is 6.57. The van der Waals surface area contributed by atoms with E-state index in [1.807, 2.05) is 0 Å². The van der Waals surface area contributed by atoms with Crippen LogP contribution in [0, 0.1) is 30.6 Å². The van der Waals surface area contributed by atoms with Gasteiger partial charge in [0.25, 0.3) is 5.91 Å². The number of fused-ring (bicyclic) bond motifs is 15. The van der Waals surface area contributed by atoms with Crippen LogP contribution in [0.15, 0.2) is 52.8 Å². The average molecular weight is 668 g/mol. The molecule has 2 aliphatic heterocycles. The predicted molar refractivity (Wildman–Crippen MR) is 180 cm³/mol. The standard InChI is InChI=1S/C37H49NO10/c1-16-12-11-13-17(2)36(46)38-27-20(5)32(43)25-24(33(27)44)14-18(3)34(48-10)26(25)29(40)19(4)15-37(9,47)35(45)23(8)31(42)22(7)30(41)21(6)28(16)39/h11-16,21-23,28,30-31,35,39,41-42,45,47H,1-10H3,(H,38,46)/b12-11-,17-13+,19-15+/t16-,21+,22+,23-,28+,30+,31-,35+,37-/m0/s1. The van der Waals surface area contributed by atoms with Gasteiger partial charge in [0, 0.05) is 45.9 Å². The van der Waals surface area contributed by atoms with Crippen molar-refractivity contribution in [2.45, 2.75) is 92.3 Å². The lowest BCUT2D eigenvalue weighted by atomic mass is 9.76. The molecule has 9 atom stereocenters. The number of ketones is 3. The van der Waals surface area contributed by atoms with E-state index in [1.165, 1.54) is 53.9 Å². The van der Waals surface area contributed by atoms with Crippen LogP contribution in [-0.4, -0.2) is 85.9 Å². The van der Waals surface area contributed by atoms with Crippen LogP contribution in [0.25, 0.3) is 0 Å². The first kappa shape index (κ1) is 38.7. The Hall–Kier alpha value is -3.74. The van der Waals surface area contributed by atoms with Crippen LogP contribution in [0.3, 0.4) is 0 Å². The molecule has 3 aliphatic rings.